The van der Waals surface area contributed by atoms with Gasteiger partial charge in [0.05, 0.1) is 35.8 Å². The molecule has 0 atom stereocenters. The van der Waals surface area contributed by atoms with Crippen LogP contribution in [-0.4, -0.2) is 45.8 Å². The first-order chi connectivity index (χ1) is 21.1. The van der Waals surface area contributed by atoms with Gasteiger partial charge < -0.3 is 14.2 Å². The van der Waals surface area contributed by atoms with E-state index < -0.39 is 40.8 Å². The number of aromatic nitrogens is 2. The van der Waals surface area contributed by atoms with Gasteiger partial charge in [-0.15, -0.1) is 0 Å². The first kappa shape index (κ1) is 28.9. The highest BCUT2D eigenvalue weighted by atomic mass is 32.2. The number of oxazole rings is 1. The molecule has 3 heterocycles. The zero-order valence-corrected chi connectivity index (χ0v) is 24.1. The molecule has 0 saturated heterocycles. The van der Waals surface area contributed by atoms with E-state index in [0.717, 1.165) is 10.6 Å². The number of aromatic amines is 1. The maximum absolute atomic E-state index is 15.2. The van der Waals surface area contributed by atoms with Gasteiger partial charge in [-0.3, -0.25) is 9.10 Å². The van der Waals surface area contributed by atoms with Crippen molar-refractivity contribution in [2.75, 3.05) is 30.8 Å². The van der Waals surface area contributed by atoms with Gasteiger partial charge in [0.1, 0.15) is 29.7 Å². The van der Waals surface area contributed by atoms with Crippen LogP contribution in [0.4, 0.5) is 18.9 Å². The second-order valence-electron chi connectivity index (χ2n) is 9.91. The number of nitrogens with zero attached hydrogens (tertiary/aromatic N) is 2. The summed E-state index contributed by atoms with van der Waals surface area (Å²) in [5, 5.41) is 2.82. The molecule has 13 heteroatoms. The Kier molecular flexibility index (Phi) is 7.33. The summed E-state index contributed by atoms with van der Waals surface area (Å²) in [6.45, 7) is -1.55. The summed E-state index contributed by atoms with van der Waals surface area (Å²) in [7, 11) is -2.62. The lowest BCUT2D eigenvalue weighted by Crippen LogP contribution is -2.32. The predicted octanol–water partition coefficient (Wildman–Crippen LogP) is 5.76. The Labute approximate surface area is 249 Å². The quantitative estimate of drug-likeness (QED) is 0.231. The maximum Gasteiger partial charge on any atom is 0.368 e. The fourth-order valence-electron chi connectivity index (χ4n) is 5.07. The number of benzene rings is 3. The average molecular weight is 622 g/mol. The lowest BCUT2D eigenvalue weighted by Gasteiger charge is -2.24. The normalized spacial score (nSPS) is 11.8. The predicted molar refractivity (Wildman–Crippen MR) is 158 cm³/mol. The van der Waals surface area contributed by atoms with E-state index in [4.69, 9.17) is 8.83 Å². The van der Waals surface area contributed by atoms with E-state index in [2.05, 4.69) is 15.3 Å². The number of furan rings is 1. The minimum Gasteiger partial charge on any atom is -0.455 e. The maximum atomic E-state index is 15.2. The zero-order valence-electron chi connectivity index (χ0n) is 23.3. The Balaban J connectivity index is 1.65. The molecule has 0 radical (unpaired) electrons. The number of alkyl halides is 1. The fraction of sp³-hybridized carbons (Fsp3) is 0.129. The third-order valence-electron chi connectivity index (χ3n) is 7.00. The minimum atomic E-state index is -4.05. The molecule has 0 unspecified atom stereocenters. The van der Waals surface area contributed by atoms with Crippen molar-refractivity contribution in [1.82, 2.24) is 10.3 Å². The topological polar surface area (TPSA) is 120 Å². The van der Waals surface area contributed by atoms with E-state index in [1.165, 1.54) is 55.6 Å². The number of anilines is 1. The molecular weight excluding hydrogens is 597 g/mol. The smallest absolute Gasteiger partial charge is 0.368 e. The van der Waals surface area contributed by atoms with Gasteiger partial charge in [0.2, 0.25) is 15.6 Å². The molecule has 0 bridgehead atoms. The summed E-state index contributed by atoms with van der Waals surface area (Å²) in [4.78, 5) is 20.5. The Morgan fingerprint density at radius 3 is 2.39 bits per heavy atom. The van der Waals surface area contributed by atoms with Crippen molar-refractivity contribution >= 4 is 43.8 Å². The van der Waals surface area contributed by atoms with Gasteiger partial charge >= 0.3 is 11.5 Å². The van der Waals surface area contributed by atoms with Crippen molar-refractivity contribution in [2.24, 2.45) is 0 Å². The molecule has 9 nitrogen and oxygen atoms in total. The number of pyridine rings is 1. The Morgan fingerprint density at radius 2 is 1.70 bits per heavy atom. The third kappa shape index (κ3) is 5.26. The molecule has 0 spiro atoms. The van der Waals surface area contributed by atoms with Gasteiger partial charge in [0.25, 0.3) is 5.91 Å². The molecule has 44 heavy (non-hydrogen) atoms. The third-order valence-corrected chi connectivity index (χ3v) is 8.18. The van der Waals surface area contributed by atoms with E-state index in [9.17, 15) is 22.0 Å². The second-order valence-corrected chi connectivity index (χ2v) is 11.8. The van der Waals surface area contributed by atoms with Crippen LogP contribution in [0.1, 0.15) is 10.4 Å². The molecule has 6 rings (SSSR count). The van der Waals surface area contributed by atoms with E-state index in [1.807, 2.05) is 0 Å². The summed E-state index contributed by atoms with van der Waals surface area (Å²) in [5.74, 6) is -1.52. The molecule has 0 aliphatic carbocycles. The van der Waals surface area contributed by atoms with Gasteiger partial charge in [-0.2, -0.15) is 0 Å². The van der Waals surface area contributed by atoms with Crippen molar-refractivity contribution in [3.05, 3.63) is 90.1 Å². The second kappa shape index (κ2) is 11.2. The van der Waals surface area contributed by atoms with E-state index >= 15 is 4.39 Å². The van der Waals surface area contributed by atoms with Crippen LogP contribution in [0, 0.1) is 11.6 Å². The van der Waals surface area contributed by atoms with Crippen LogP contribution in [0.2, 0.25) is 0 Å². The molecule has 6 aromatic rings. The Hall–Kier alpha value is -5.17. The van der Waals surface area contributed by atoms with Gasteiger partial charge in [-0.05, 0) is 66.2 Å². The molecular formula is C31H24F3N4O5S+. The highest BCUT2D eigenvalue weighted by molar-refractivity contribution is 7.92. The first-order valence-corrected chi connectivity index (χ1v) is 15.1. The van der Waals surface area contributed by atoms with Crippen LogP contribution in [-0.2, 0) is 10.0 Å². The number of H-pyrrole nitrogens is 1. The molecule has 0 fully saturated rings. The number of carbonyl (C=O) groups excluding carboxylic acids is 1. The highest BCUT2D eigenvalue weighted by Crippen LogP contribution is 2.42. The summed E-state index contributed by atoms with van der Waals surface area (Å²) >= 11 is 0. The number of fused-ring (bicyclic) bond motifs is 2. The van der Waals surface area contributed by atoms with Gasteiger partial charge in [-0.25, -0.2) is 26.6 Å². The van der Waals surface area contributed by atoms with E-state index in [-0.39, 0.29) is 50.6 Å². The average Bonchev–Trinajstić information content (AvgIpc) is 3.60. The fourth-order valence-corrected chi connectivity index (χ4v) is 5.98. The van der Waals surface area contributed by atoms with Crippen molar-refractivity contribution in [2.45, 2.75) is 0 Å². The van der Waals surface area contributed by atoms with Crippen molar-refractivity contribution < 1.29 is 40.2 Å². The van der Waals surface area contributed by atoms with Crippen LogP contribution in [0.3, 0.4) is 0 Å². The number of amides is 1. The summed E-state index contributed by atoms with van der Waals surface area (Å²) in [6.07, 6.45) is 2.58. The van der Waals surface area contributed by atoms with Crippen LogP contribution in [0.15, 0.2) is 81.8 Å². The molecule has 224 valence electrons. The highest BCUT2D eigenvalue weighted by Gasteiger charge is 2.28. The number of hydrogen-bond donors (Lipinski definition) is 1. The number of nitrogens with one attached hydrogen (secondary N) is 2. The number of rotatable bonds is 8. The summed E-state index contributed by atoms with van der Waals surface area (Å²) < 4.78 is 81.2. The lowest BCUT2D eigenvalue weighted by molar-refractivity contribution is -0.347. The molecule has 0 saturated carbocycles. The summed E-state index contributed by atoms with van der Waals surface area (Å²) in [6, 6.07) is 15.5. The Morgan fingerprint density at radius 1 is 0.955 bits per heavy atom. The first-order valence-electron chi connectivity index (χ1n) is 13.3. The van der Waals surface area contributed by atoms with Gasteiger partial charge in [0.15, 0.2) is 0 Å². The number of carbonyl (C=O) groups is 1. The van der Waals surface area contributed by atoms with Gasteiger partial charge in [-0.1, -0.05) is 0 Å². The summed E-state index contributed by atoms with van der Waals surface area (Å²) in [5.41, 5.74) is 2.03. The zero-order chi connectivity index (χ0) is 31.2. The number of halogens is 3. The monoisotopic (exact) mass is 621 g/mol. The minimum absolute atomic E-state index is 0.0111. The molecule has 3 aromatic heterocycles. The molecule has 3 aromatic carbocycles. The van der Waals surface area contributed by atoms with Crippen LogP contribution >= 0.6 is 0 Å². The van der Waals surface area contributed by atoms with Crippen molar-refractivity contribution in [1.29, 1.82) is 0 Å². The van der Waals surface area contributed by atoms with Crippen LogP contribution in [0.5, 0.6) is 0 Å². The molecule has 0 aliphatic rings. The van der Waals surface area contributed by atoms with E-state index in [1.54, 1.807) is 24.4 Å². The van der Waals surface area contributed by atoms with E-state index in [0.29, 0.717) is 16.8 Å². The molecule has 0 aliphatic heterocycles. The van der Waals surface area contributed by atoms with Crippen LogP contribution in [0.25, 0.3) is 56.1 Å². The standard InChI is InChI=1S/C31H23F3N4O5S/c1-35-30(39)27-23-15-22(18-12-19(14-21(34)13-18)31-37-29-25(43-31)4-3-10-36-29)24(38(11-9-32)44(2,40)41)16-26(23)42-28(27)17-5-7-20(33)8-6-17/h3-8,10,12-16H,9,11H2,1-2H3,(H,35,39)/p+1. The largest absolute Gasteiger partial charge is 0.455 e. The SMILES string of the molecule is CNC(=O)c1c(-c2ccc(F)cc2)oc2cc(N(CCF)S(C)(=O)=O)c(-c3cc(F)cc(-c4nc5[nH+]cccc5o4)c3)cc12. The van der Waals surface area contributed by atoms with Gasteiger partial charge in [0, 0.05) is 34.6 Å². The molecule has 2 N–H and O–H groups in total. The molecule has 1 amide bonds. The number of sulfonamides is 1. The lowest BCUT2D eigenvalue weighted by atomic mass is 9.97. The van der Waals surface area contributed by atoms with Crippen molar-refractivity contribution in [3.8, 4) is 33.9 Å². The van der Waals surface area contributed by atoms with Crippen molar-refractivity contribution in [3.63, 3.8) is 0 Å². The van der Waals surface area contributed by atoms with Crippen LogP contribution < -0.4 is 14.6 Å². The number of hydrogen-bond acceptors (Lipinski definition) is 6. The Bertz CT molecular complexity index is 2130.